The predicted octanol–water partition coefficient (Wildman–Crippen LogP) is 3.34. The summed E-state index contributed by atoms with van der Waals surface area (Å²) in [5.41, 5.74) is 0.415. The van der Waals surface area contributed by atoms with Crippen LogP contribution in [0, 0.1) is 12.8 Å². The lowest BCUT2D eigenvalue weighted by Crippen LogP contribution is -2.47. The van der Waals surface area contributed by atoms with E-state index >= 15 is 0 Å². The fraction of sp³-hybridized carbons (Fsp3) is 0.364. The molecule has 3 aromatic rings. The summed E-state index contributed by atoms with van der Waals surface area (Å²) < 4.78 is 44.0. The van der Waals surface area contributed by atoms with Crippen LogP contribution in [-0.2, 0) is 6.18 Å². The second kappa shape index (κ2) is 8.05. The Labute approximate surface area is 186 Å². The highest BCUT2D eigenvalue weighted by molar-refractivity contribution is 5.98. The zero-order valence-corrected chi connectivity index (χ0v) is 17.5. The number of rotatable bonds is 4. The molecular weight excluding hydrogens is 437 g/mol. The molecule has 2 fully saturated rings. The van der Waals surface area contributed by atoms with Gasteiger partial charge in [-0.25, -0.2) is 15.0 Å². The molecule has 2 bridgehead atoms. The molecule has 1 aliphatic carbocycles. The van der Waals surface area contributed by atoms with E-state index in [1.807, 2.05) is 0 Å². The average molecular weight is 456 g/mol. The van der Waals surface area contributed by atoms with Gasteiger partial charge in [-0.15, -0.1) is 10.2 Å². The fourth-order valence-corrected chi connectivity index (χ4v) is 4.49. The van der Waals surface area contributed by atoms with E-state index in [9.17, 15) is 18.0 Å². The van der Waals surface area contributed by atoms with Gasteiger partial charge in [-0.2, -0.15) is 13.2 Å². The largest absolute Gasteiger partial charge is 0.471 e. The van der Waals surface area contributed by atoms with E-state index in [-0.39, 0.29) is 35.5 Å². The van der Waals surface area contributed by atoms with Crippen molar-refractivity contribution in [2.24, 2.45) is 5.92 Å². The summed E-state index contributed by atoms with van der Waals surface area (Å²) in [5, 5.41) is 6.77. The van der Waals surface area contributed by atoms with E-state index < -0.39 is 11.9 Å². The van der Waals surface area contributed by atoms with Gasteiger partial charge in [0.15, 0.2) is 11.5 Å². The Bertz CT molecular complexity index is 1170. The maximum atomic E-state index is 13.5. The number of aryl methyl sites for hydroxylation is 1. The van der Waals surface area contributed by atoms with Crippen LogP contribution in [0.3, 0.4) is 0 Å². The first-order valence-corrected chi connectivity index (χ1v) is 10.4. The highest BCUT2D eigenvalue weighted by Crippen LogP contribution is 2.41. The highest BCUT2D eigenvalue weighted by atomic mass is 19.4. The Morgan fingerprint density at radius 3 is 2.55 bits per heavy atom. The number of hydrogen-bond acceptors (Lipinski definition) is 7. The molecule has 1 amide bonds. The molecule has 11 heteroatoms. The lowest BCUT2D eigenvalue weighted by molar-refractivity contribution is -0.141. The quantitative estimate of drug-likeness (QED) is 0.594. The Balaban J connectivity index is 1.37. The number of likely N-dealkylation sites (tertiary alicyclic amines) is 1. The topological polar surface area (TPSA) is 94.0 Å². The van der Waals surface area contributed by atoms with Crippen molar-refractivity contribution >= 4 is 5.91 Å². The number of pyridine rings is 1. The van der Waals surface area contributed by atoms with E-state index in [0.29, 0.717) is 30.0 Å². The molecule has 2 unspecified atom stereocenters. The number of alkyl halides is 3. The zero-order chi connectivity index (χ0) is 23.2. The third-order valence-corrected chi connectivity index (χ3v) is 5.93. The van der Waals surface area contributed by atoms with E-state index in [2.05, 4.69) is 25.1 Å². The number of aromatic nitrogens is 5. The van der Waals surface area contributed by atoms with Crippen molar-refractivity contribution in [1.29, 1.82) is 0 Å². The lowest BCUT2D eigenvalue weighted by atomic mass is 10.1. The zero-order valence-electron chi connectivity index (χ0n) is 17.5. The van der Waals surface area contributed by atoms with Gasteiger partial charge in [-0.1, -0.05) is 0 Å². The van der Waals surface area contributed by atoms with Gasteiger partial charge in [-0.05, 0) is 49.9 Å². The standard InChI is InChI=1S/C22H19F3N6O2/c1-12-3-4-14(20-26-7-2-8-27-20)19(28-12)21(32)31-11-13-9-15(31)16(10-13)33-18-6-5-17(29-30-18)22(23,24)25/h2-8,13,15-16H,9-11H2,1H3/t13?,15?,16-/m0/s1. The van der Waals surface area contributed by atoms with Crippen LogP contribution < -0.4 is 4.74 Å². The second-order valence-corrected chi connectivity index (χ2v) is 8.19. The van der Waals surface area contributed by atoms with Crippen molar-refractivity contribution in [2.45, 2.75) is 38.1 Å². The molecule has 3 atom stereocenters. The molecule has 4 heterocycles. The van der Waals surface area contributed by atoms with Crippen LogP contribution >= 0.6 is 0 Å². The number of amides is 1. The molecule has 8 nitrogen and oxygen atoms in total. The summed E-state index contributed by atoms with van der Waals surface area (Å²) in [6.07, 6.45) is -0.324. The van der Waals surface area contributed by atoms with E-state index in [0.717, 1.165) is 18.6 Å². The highest BCUT2D eigenvalue weighted by Gasteiger charge is 2.49. The first-order chi connectivity index (χ1) is 15.8. The van der Waals surface area contributed by atoms with Gasteiger partial charge in [0.1, 0.15) is 11.8 Å². The van der Waals surface area contributed by atoms with E-state index in [1.165, 1.54) is 0 Å². The number of piperidine rings is 1. The average Bonchev–Trinajstić information content (AvgIpc) is 3.39. The molecule has 0 aromatic carbocycles. The van der Waals surface area contributed by atoms with E-state index in [1.54, 1.807) is 42.4 Å². The van der Waals surface area contributed by atoms with Crippen molar-refractivity contribution in [1.82, 2.24) is 30.0 Å². The fourth-order valence-electron chi connectivity index (χ4n) is 4.49. The molecule has 0 radical (unpaired) electrons. The molecule has 2 aliphatic rings. The second-order valence-electron chi connectivity index (χ2n) is 8.19. The molecule has 0 spiro atoms. The number of fused-ring (bicyclic) bond motifs is 2. The number of ether oxygens (including phenoxy) is 1. The molecule has 0 N–H and O–H groups in total. The van der Waals surface area contributed by atoms with Gasteiger partial charge in [0.05, 0.1) is 11.6 Å². The van der Waals surface area contributed by atoms with Crippen molar-refractivity contribution in [3.63, 3.8) is 0 Å². The monoisotopic (exact) mass is 456 g/mol. The molecule has 3 aromatic heterocycles. The van der Waals surface area contributed by atoms with Crippen molar-refractivity contribution in [2.75, 3.05) is 6.54 Å². The minimum Gasteiger partial charge on any atom is -0.471 e. The summed E-state index contributed by atoms with van der Waals surface area (Å²) in [6.45, 7) is 2.37. The molecule has 1 saturated carbocycles. The summed E-state index contributed by atoms with van der Waals surface area (Å²) in [6, 6.07) is 7.03. The van der Waals surface area contributed by atoms with Crippen LogP contribution in [0.2, 0.25) is 0 Å². The first kappa shape index (κ1) is 21.2. The summed E-state index contributed by atoms with van der Waals surface area (Å²) in [7, 11) is 0. The molecule has 33 heavy (non-hydrogen) atoms. The normalized spacial score (nSPS) is 21.9. The molecule has 5 rings (SSSR count). The number of hydrogen-bond donors (Lipinski definition) is 0. The predicted molar refractivity (Wildman–Crippen MR) is 109 cm³/mol. The summed E-state index contributed by atoms with van der Waals surface area (Å²) in [4.78, 5) is 28.2. The van der Waals surface area contributed by atoms with E-state index in [4.69, 9.17) is 4.74 Å². The van der Waals surface area contributed by atoms with Crippen LogP contribution in [0.25, 0.3) is 11.4 Å². The SMILES string of the molecule is Cc1ccc(-c2ncccn2)c(C(=O)N2CC3CC2[C@@H](Oc2ccc(C(F)(F)F)nn2)C3)n1. The minimum atomic E-state index is -4.57. The molecular formula is C22H19F3N6O2. The van der Waals surface area contributed by atoms with Crippen LogP contribution in [0.5, 0.6) is 5.88 Å². The van der Waals surface area contributed by atoms with Crippen LogP contribution in [-0.4, -0.2) is 54.6 Å². The molecule has 1 aliphatic heterocycles. The third-order valence-electron chi connectivity index (χ3n) is 5.93. The molecule has 1 saturated heterocycles. The van der Waals surface area contributed by atoms with Gasteiger partial charge < -0.3 is 9.64 Å². The maximum absolute atomic E-state index is 13.5. The molecule has 170 valence electrons. The number of carbonyl (C=O) groups excluding carboxylic acids is 1. The Morgan fingerprint density at radius 1 is 1.09 bits per heavy atom. The van der Waals surface area contributed by atoms with Gasteiger partial charge in [0.2, 0.25) is 5.88 Å². The van der Waals surface area contributed by atoms with Crippen LogP contribution in [0.15, 0.2) is 42.7 Å². The lowest BCUT2D eigenvalue weighted by Gasteiger charge is -2.33. The van der Waals surface area contributed by atoms with Crippen molar-refractivity contribution in [3.05, 3.63) is 59.8 Å². The summed E-state index contributed by atoms with van der Waals surface area (Å²) in [5.74, 6) is 0.388. The Kier molecular flexibility index (Phi) is 5.18. The van der Waals surface area contributed by atoms with Gasteiger partial charge in [0, 0.05) is 30.7 Å². The Morgan fingerprint density at radius 2 is 1.88 bits per heavy atom. The smallest absolute Gasteiger partial charge is 0.435 e. The van der Waals surface area contributed by atoms with Crippen molar-refractivity contribution in [3.8, 4) is 17.3 Å². The maximum Gasteiger partial charge on any atom is 0.435 e. The third kappa shape index (κ3) is 4.10. The minimum absolute atomic E-state index is 0.00000382. The first-order valence-electron chi connectivity index (χ1n) is 10.4. The van der Waals surface area contributed by atoms with Crippen molar-refractivity contribution < 1.29 is 22.7 Å². The van der Waals surface area contributed by atoms with Crippen LogP contribution in [0.1, 0.15) is 34.7 Å². The van der Waals surface area contributed by atoms with Gasteiger partial charge in [-0.3, -0.25) is 4.79 Å². The number of halogens is 3. The number of carbonyl (C=O) groups is 1. The number of nitrogens with zero attached hydrogens (tertiary/aromatic N) is 6. The van der Waals surface area contributed by atoms with Gasteiger partial charge >= 0.3 is 6.18 Å². The van der Waals surface area contributed by atoms with Gasteiger partial charge in [0.25, 0.3) is 5.91 Å². The van der Waals surface area contributed by atoms with Crippen LogP contribution in [0.4, 0.5) is 13.2 Å². The Hall–Kier alpha value is -3.63. The summed E-state index contributed by atoms with van der Waals surface area (Å²) >= 11 is 0.